The van der Waals surface area contributed by atoms with Gasteiger partial charge in [0.1, 0.15) is 0 Å². The van der Waals surface area contributed by atoms with Crippen LogP contribution in [0.15, 0.2) is 249 Å². The van der Waals surface area contributed by atoms with Crippen molar-refractivity contribution in [3.8, 4) is 55.6 Å². The summed E-state index contributed by atoms with van der Waals surface area (Å²) in [5.74, 6) is 0. The third kappa shape index (κ3) is 6.47. The van der Waals surface area contributed by atoms with E-state index < -0.39 is 0 Å². The predicted molar refractivity (Wildman–Crippen MR) is 276 cm³/mol. The van der Waals surface area contributed by atoms with E-state index in [2.05, 4.69) is 254 Å². The Morgan fingerprint density at radius 3 is 1.58 bits per heavy atom. The maximum atomic E-state index is 2.51. The monoisotopic (exact) mass is 831 g/mol. The zero-order chi connectivity index (χ0) is 42.4. The molecule has 0 aliphatic rings. The molecule has 1 heterocycles. The van der Waals surface area contributed by atoms with Crippen molar-refractivity contribution in [3.63, 3.8) is 0 Å². The number of hydrogen-bond acceptors (Lipinski definition) is 2. The molecule has 1 nitrogen and oxygen atoms in total. The van der Waals surface area contributed by atoms with Crippen LogP contribution in [-0.2, 0) is 0 Å². The minimum absolute atomic E-state index is 1.08. The van der Waals surface area contributed by atoms with E-state index in [0.717, 1.165) is 17.1 Å². The van der Waals surface area contributed by atoms with Crippen molar-refractivity contribution in [2.24, 2.45) is 0 Å². The van der Waals surface area contributed by atoms with Crippen LogP contribution in [0.2, 0.25) is 0 Å². The van der Waals surface area contributed by atoms with E-state index in [9.17, 15) is 0 Å². The molecule has 0 saturated carbocycles. The van der Waals surface area contributed by atoms with Crippen molar-refractivity contribution < 1.29 is 0 Å². The summed E-state index contributed by atoms with van der Waals surface area (Å²) in [6.45, 7) is 0. The standard InChI is InChI=1S/C62H41NS/c1-3-19-42(20-4-1)47-24-9-12-30-54(47)61-49(43-21-5-2-6-22-43)31-18-35-59(61)63(58-34-15-13-28-52(58)55-32-17-33-56-53-29-14-16-36-60(53)64-62(55)56)46-39-37-44(38-40-46)57-41-45-23-7-8-25-48(45)50-26-10-11-27-51(50)57/h1-41H. The lowest BCUT2D eigenvalue weighted by Gasteiger charge is -2.31. The first kappa shape index (κ1) is 37.7. The van der Waals surface area contributed by atoms with Crippen LogP contribution in [-0.4, -0.2) is 0 Å². The zero-order valence-electron chi connectivity index (χ0n) is 35.0. The molecule has 0 N–H and O–H groups in total. The number of para-hydroxylation sites is 1. The van der Waals surface area contributed by atoms with E-state index in [4.69, 9.17) is 0 Å². The molecule has 0 aliphatic carbocycles. The molecule has 0 amide bonds. The molecule has 64 heavy (non-hydrogen) atoms. The van der Waals surface area contributed by atoms with Gasteiger partial charge in [0.2, 0.25) is 0 Å². The van der Waals surface area contributed by atoms with Gasteiger partial charge in [0, 0.05) is 42.6 Å². The van der Waals surface area contributed by atoms with Gasteiger partial charge in [-0.25, -0.2) is 0 Å². The van der Waals surface area contributed by atoms with Crippen LogP contribution in [0.3, 0.4) is 0 Å². The number of thiophene rings is 1. The fourth-order valence-electron chi connectivity index (χ4n) is 9.79. The molecular formula is C62H41NS. The first-order valence-electron chi connectivity index (χ1n) is 21.9. The lowest BCUT2D eigenvalue weighted by Crippen LogP contribution is -2.13. The van der Waals surface area contributed by atoms with Gasteiger partial charge < -0.3 is 4.90 Å². The topological polar surface area (TPSA) is 3.24 Å². The zero-order valence-corrected chi connectivity index (χ0v) is 35.8. The number of anilines is 3. The molecule has 12 rings (SSSR count). The molecule has 0 bridgehead atoms. The molecular weight excluding hydrogens is 791 g/mol. The molecule has 1 aromatic heterocycles. The van der Waals surface area contributed by atoms with Crippen LogP contribution in [0.1, 0.15) is 0 Å². The third-order valence-corrected chi connectivity index (χ3v) is 13.9. The Bertz CT molecular complexity index is 3660. The van der Waals surface area contributed by atoms with E-state index in [1.807, 2.05) is 11.3 Å². The van der Waals surface area contributed by atoms with Gasteiger partial charge in [0.15, 0.2) is 0 Å². The van der Waals surface area contributed by atoms with Crippen LogP contribution in [0.25, 0.3) is 97.4 Å². The maximum Gasteiger partial charge on any atom is 0.0546 e. The highest BCUT2D eigenvalue weighted by molar-refractivity contribution is 7.26. The largest absolute Gasteiger partial charge is 0.309 e. The summed E-state index contributed by atoms with van der Waals surface area (Å²) in [7, 11) is 0. The van der Waals surface area contributed by atoms with Gasteiger partial charge in [-0.05, 0) is 96.9 Å². The normalized spacial score (nSPS) is 11.4. The summed E-state index contributed by atoms with van der Waals surface area (Å²) >= 11 is 1.88. The Kier molecular flexibility index (Phi) is 9.43. The van der Waals surface area contributed by atoms with E-state index in [1.54, 1.807) is 0 Å². The summed E-state index contributed by atoms with van der Waals surface area (Å²) in [6.07, 6.45) is 0. The second kappa shape index (κ2) is 16.0. The Balaban J connectivity index is 1.14. The van der Waals surface area contributed by atoms with Gasteiger partial charge >= 0.3 is 0 Å². The van der Waals surface area contributed by atoms with Crippen molar-refractivity contribution >= 4 is 70.1 Å². The fraction of sp³-hybridized carbons (Fsp3) is 0. The van der Waals surface area contributed by atoms with E-state index in [-0.39, 0.29) is 0 Å². The maximum absolute atomic E-state index is 2.51. The Hall–Kier alpha value is -8.04. The van der Waals surface area contributed by atoms with Gasteiger partial charge in [-0.3, -0.25) is 0 Å². The van der Waals surface area contributed by atoms with Gasteiger partial charge in [-0.1, -0.05) is 212 Å². The molecule has 2 heteroatoms. The average Bonchev–Trinajstić information content (AvgIpc) is 3.76. The highest BCUT2D eigenvalue weighted by Crippen LogP contribution is 2.51. The molecule has 0 aliphatic heterocycles. The van der Waals surface area contributed by atoms with Crippen LogP contribution in [0, 0.1) is 0 Å². The first-order chi connectivity index (χ1) is 31.8. The Morgan fingerprint density at radius 1 is 0.281 bits per heavy atom. The van der Waals surface area contributed by atoms with Crippen LogP contribution < -0.4 is 4.90 Å². The van der Waals surface area contributed by atoms with Crippen LogP contribution in [0.4, 0.5) is 17.1 Å². The number of nitrogens with zero attached hydrogens (tertiary/aromatic N) is 1. The smallest absolute Gasteiger partial charge is 0.0546 e. The summed E-state index contributed by atoms with van der Waals surface area (Å²) in [5.41, 5.74) is 15.2. The second-order valence-electron chi connectivity index (χ2n) is 16.3. The van der Waals surface area contributed by atoms with Crippen LogP contribution in [0.5, 0.6) is 0 Å². The Labute approximate surface area is 377 Å². The lowest BCUT2D eigenvalue weighted by atomic mass is 9.87. The molecule has 0 unspecified atom stereocenters. The number of hydrogen-bond donors (Lipinski definition) is 0. The number of benzene rings is 11. The van der Waals surface area contributed by atoms with Crippen molar-refractivity contribution in [1.82, 2.24) is 0 Å². The lowest BCUT2D eigenvalue weighted by molar-refractivity contribution is 1.28. The fourth-order valence-corrected chi connectivity index (χ4v) is 11.0. The van der Waals surface area contributed by atoms with E-state index in [1.165, 1.54) is 97.4 Å². The average molecular weight is 832 g/mol. The van der Waals surface area contributed by atoms with Gasteiger partial charge in [0.25, 0.3) is 0 Å². The van der Waals surface area contributed by atoms with Gasteiger partial charge in [-0.15, -0.1) is 11.3 Å². The third-order valence-electron chi connectivity index (χ3n) is 12.7. The molecule has 11 aromatic carbocycles. The summed E-state index contributed by atoms with van der Waals surface area (Å²) in [6, 6.07) is 91.1. The first-order valence-corrected chi connectivity index (χ1v) is 22.7. The molecule has 0 saturated heterocycles. The van der Waals surface area contributed by atoms with E-state index >= 15 is 0 Å². The minimum atomic E-state index is 1.08. The summed E-state index contributed by atoms with van der Waals surface area (Å²) < 4.78 is 2.59. The van der Waals surface area contributed by atoms with Crippen molar-refractivity contribution in [3.05, 3.63) is 249 Å². The summed E-state index contributed by atoms with van der Waals surface area (Å²) in [4.78, 5) is 2.51. The molecule has 0 radical (unpaired) electrons. The van der Waals surface area contributed by atoms with E-state index in [0.29, 0.717) is 0 Å². The SMILES string of the molecule is c1ccc(-c2ccccc2-c2c(-c3ccccc3)cccc2N(c2ccc(-c3cc4ccccc4c4ccccc34)cc2)c2ccccc2-c2cccc3c2sc2ccccc23)cc1. The van der Waals surface area contributed by atoms with Crippen molar-refractivity contribution in [2.75, 3.05) is 4.90 Å². The number of rotatable bonds is 8. The second-order valence-corrected chi connectivity index (χ2v) is 17.4. The Morgan fingerprint density at radius 2 is 0.797 bits per heavy atom. The van der Waals surface area contributed by atoms with Crippen LogP contribution >= 0.6 is 11.3 Å². The van der Waals surface area contributed by atoms with Crippen molar-refractivity contribution in [2.45, 2.75) is 0 Å². The molecule has 300 valence electrons. The molecule has 0 atom stereocenters. The van der Waals surface area contributed by atoms with Gasteiger partial charge in [0.05, 0.1) is 11.4 Å². The quantitative estimate of drug-likeness (QED) is 0.138. The molecule has 0 fully saturated rings. The highest BCUT2D eigenvalue weighted by Gasteiger charge is 2.25. The number of fused-ring (bicyclic) bond motifs is 6. The molecule has 0 spiro atoms. The molecule has 12 aromatic rings. The predicted octanol–water partition coefficient (Wildman–Crippen LogP) is 18.2. The minimum Gasteiger partial charge on any atom is -0.309 e. The highest BCUT2D eigenvalue weighted by atomic mass is 32.1. The van der Waals surface area contributed by atoms with Gasteiger partial charge in [-0.2, -0.15) is 0 Å². The van der Waals surface area contributed by atoms with Crippen molar-refractivity contribution in [1.29, 1.82) is 0 Å². The summed E-state index contributed by atoms with van der Waals surface area (Å²) in [5, 5.41) is 7.62.